The number of likely N-dealkylation sites (tertiary alicyclic amines) is 1. The first kappa shape index (κ1) is 20.6. The number of aromatic nitrogens is 1. The van der Waals surface area contributed by atoms with Crippen LogP contribution in [0, 0.1) is 0 Å². The van der Waals surface area contributed by atoms with Gasteiger partial charge < -0.3 is 10.1 Å². The first-order valence-electron chi connectivity index (χ1n) is 10.3. The number of methoxy groups -OCH3 is 1. The van der Waals surface area contributed by atoms with E-state index in [0.717, 1.165) is 55.2 Å². The fourth-order valence-corrected chi connectivity index (χ4v) is 4.56. The Labute approximate surface area is 181 Å². The van der Waals surface area contributed by atoms with E-state index in [-0.39, 0.29) is 11.9 Å². The lowest BCUT2D eigenvalue weighted by Crippen LogP contribution is -2.44. The van der Waals surface area contributed by atoms with Crippen molar-refractivity contribution < 1.29 is 9.53 Å². The quantitative estimate of drug-likeness (QED) is 0.623. The van der Waals surface area contributed by atoms with Gasteiger partial charge in [-0.2, -0.15) is 0 Å². The van der Waals surface area contributed by atoms with E-state index in [1.165, 1.54) is 16.9 Å². The molecule has 0 unspecified atom stereocenters. The summed E-state index contributed by atoms with van der Waals surface area (Å²) in [7, 11) is 1.66. The second kappa shape index (κ2) is 9.87. The minimum atomic E-state index is -0.0614. The van der Waals surface area contributed by atoms with Crippen LogP contribution >= 0.6 is 11.3 Å². The molecule has 30 heavy (non-hydrogen) atoms. The molecule has 1 N–H and O–H groups in total. The van der Waals surface area contributed by atoms with Crippen molar-refractivity contribution in [1.29, 1.82) is 0 Å². The number of carbonyl (C=O) groups is 1. The number of piperidine rings is 1. The molecule has 1 saturated heterocycles. The lowest BCUT2D eigenvalue weighted by atomic mass is 10.0. The fourth-order valence-electron chi connectivity index (χ4n) is 3.75. The molecule has 0 bridgehead atoms. The number of amides is 1. The van der Waals surface area contributed by atoms with Gasteiger partial charge in [0.05, 0.1) is 12.1 Å². The minimum absolute atomic E-state index is 0.0614. The summed E-state index contributed by atoms with van der Waals surface area (Å²) in [6.07, 6.45) is 2.67. The van der Waals surface area contributed by atoms with Crippen molar-refractivity contribution in [3.05, 3.63) is 81.8 Å². The van der Waals surface area contributed by atoms with Crippen LogP contribution in [-0.2, 0) is 13.0 Å². The Kier molecular flexibility index (Phi) is 6.77. The number of rotatable bonds is 7. The van der Waals surface area contributed by atoms with Crippen LogP contribution < -0.4 is 10.1 Å². The molecule has 1 aromatic heterocycles. The van der Waals surface area contributed by atoms with E-state index in [0.29, 0.717) is 5.69 Å². The lowest BCUT2D eigenvalue weighted by molar-refractivity contribution is 0.0904. The molecule has 1 aliphatic rings. The highest BCUT2D eigenvalue weighted by molar-refractivity contribution is 7.09. The molecule has 0 atom stereocenters. The van der Waals surface area contributed by atoms with Crippen LogP contribution in [0.1, 0.15) is 39.5 Å². The van der Waals surface area contributed by atoms with E-state index in [1.54, 1.807) is 7.11 Å². The number of nitrogens with one attached hydrogen (secondary N) is 1. The summed E-state index contributed by atoms with van der Waals surface area (Å²) in [5.41, 5.74) is 3.02. The first-order chi connectivity index (χ1) is 14.7. The Morgan fingerprint density at radius 2 is 1.83 bits per heavy atom. The molecular formula is C24H27N3O2S. The van der Waals surface area contributed by atoms with E-state index in [1.807, 2.05) is 35.7 Å². The number of hydrogen-bond acceptors (Lipinski definition) is 5. The zero-order valence-electron chi connectivity index (χ0n) is 17.2. The molecule has 4 rings (SSSR count). The summed E-state index contributed by atoms with van der Waals surface area (Å²) in [4.78, 5) is 19.6. The SMILES string of the molecule is COc1ccc(Cc2nc(C(=O)NC3CCN(Cc4ccccc4)CC3)cs2)cc1. The Bertz CT molecular complexity index is 948. The summed E-state index contributed by atoms with van der Waals surface area (Å²) in [5.74, 6) is 0.779. The van der Waals surface area contributed by atoms with E-state index in [9.17, 15) is 4.79 Å². The molecule has 5 nitrogen and oxygen atoms in total. The number of hydrogen-bond donors (Lipinski definition) is 1. The van der Waals surface area contributed by atoms with Crippen LogP contribution in [-0.4, -0.2) is 42.0 Å². The zero-order valence-corrected chi connectivity index (χ0v) is 18.0. The third-order valence-corrected chi connectivity index (χ3v) is 6.32. The van der Waals surface area contributed by atoms with E-state index in [2.05, 4.69) is 39.5 Å². The maximum atomic E-state index is 12.6. The van der Waals surface area contributed by atoms with Gasteiger partial charge >= 0.3 is 0 Å². The molecule has 1 amide bonds. The Hall–Kier alpha value is -2.70. The van der Waals surface area contributed by atoms with Crippen molar-refractivity contribution in [2.45, 2.75) is 31.8 Å². The van der Waals surface area contributed by atoms with Crippen molar-refractivity contribution >= 4 is 17.2 Å². The third-order valence-electron chi connectivity index (χ3n) is 5.47. The van der Waals surface area contributed by atoms with Crippen LogP contribution in [0.4, 0.5) is 0 Å². The maximum absolute atomic E-state index is 12.6. The molecule has 2 aromatic carbocycles. The van der Waals surface area contributed by atoms with Crippen LogP contribution in [0.3, 0.4) is 0 Å². The highest BCUT2D eigenvalue weighted by Gasteiger charge is 2.22. The molecule has 0 radical (unpaired) electrons. The van der Waals surface area contributed by atoms with Crippen LogP contribution in [0.15, 0.2) is 60.0 Å². The van der Waals surface area contributed by atoms with Crippen molar-refractivity contribution in [3.8, 4) is 5.75 Å². The molecule has 6 heteroatoms. The zero-order chi connectivity index (χ0) is 20.8. The predicted molar refractivity (Wildman–Crippen MR) is 120 cm³/mol. The second-order valence-electron chi connectivity index (χ2n) is 7.66. The van der Waals surface area contributed by atoms with Crippen molar-refractivity contribution in [3.63, 3.8) is 0 Å². The van der Waals surface area contributed by atoms with Gasteiger partial charge in [0.25, 0.3) is 5.91 Å². The molecule has 156 valence electrons. The fraction of sp³-hybridized carbons (Fsp3) is 0.333. The van der Waals surface area contributed by atoms with Gasteiger partial charge in [-0.1, -0.05) is 42.5 Å². The standard InChI is InChI=1S/C24H27N3O2S/c1-29-21-9-7-18(8-10-21)15-23-26-22(17-30-23)24(28)25-20-11-13-27(14-12-20)16-19-5-3-2-4-6-19/h2-10,17,20H,11-16H2,1H3,(H,25,28). The number of thiazole rings is 1. The molecular weight excluding hydrogens is 394 g/mol. The summed E-state index contributed by atoms with van der Waals surface area (Å²) in [6, 6.07) is 18.7. The monoisotopic (exact) mass is 421 g/mol. The lowest BCUT2D eigenvalue weighted by Gasteiger charge is -2.32. The summed E-state index contributed by atoms with van der Waals surface area (Å²) in [6.45, 7) is 2.97. The molecule has 1 fully saturated rings. The van der Waals surface area contributed by atoms with E-state index < -0.39 is 0 Å². The van der Waals surface area contributed by atoms with Crippen LogP contribution in [0.2, 0.25) is 0 Å². The van der Waals surface area contributed by atoms with Gasteiger partial charge in [-0.25, -0.2) is 4.98 Å². The number of carbonyl (C=O) groups excluding carboxylic acids is 1. The molecule has 0 saturated carbocycles. The van der Waals surface area contributed by atoms with Gasteiger partial charge in [-0.15, -0.1) is 11.3 Å². The molecule has 1 aliphatic heterocycles. The van der Waals surface area contributed by atoms with E-state index >= 15 is 0 Å². The van der Waals surface area contributed by atoms with Gasteiger partial charge in [0.2, 0.25) is 0 Å². The smallest absolute Gasteiger partial charge is 0.270 e. The van der Waals surface area contributed by atoms with Crippen molar-refractivity contribution in [2.24, 2.45) is 0 Å². The molecule has 2 heterocycles. The Balaban J connectivity index is 1.25. The average molecular weight is 422 g/mol. The summed E-state index contributed by atoms with van der Waals surface area (Å²) >= 11 is 1.53. The Morgan fingerprint density at radius 3 is 2.53 bits per heavy atom. The summed E-state index contributed by atoms with van der Waals surface area (Å²) < 4.78 is 5.19. The number of nitrogens with zero attached hydrogens (tertiary/aromatic N) is 2. The third kappa shape index (κ3) is 5.46. The highest BCUT2D eigenvalue weighted by atomic mass is 32.1. The Morgan fingerprint density at radius 1 is 1.10 bits per heavy atom. The minimum Gasteiger partial charge on any atom is -0.497 e. The van der Waals surface area contributed by atoms with Gasteiger partial charge in [0.1, 0.15) is 11.4 Å². The van der Waals surface area contributed by atoms with Gasteiger partial charge in [0.15, 0.2) is 0 Å². The van der Waals surface area contributed by atoms with Gasteiger partial charge in [0, 0.05) is 37.5 Å². The second-order valence-corrected chi connectivity index (χ2v) is 8.60. The molecule has 0 aliphatic carbocycles. The largest absolute Gasteiger partial charge is 0.497 e. The van der Waals surface area contributed by atoms with Crippen molar-refractivity contribution in [2.75, 3.05) is 20.2 Å². The van der Waals surface area contributed by atoms with Gasteiger partial charge in [-0.05, 0) is 36.1 Å². The normalized spacial score (nSPS) is 15.1. The molecule has 3 aromatic rings. The van der Waals surface area contributed by atoms with Crippen LogP contribution in [0.25, 0.3) is 0 Å². The van der Waals surface area contributed by atoms with Crippen LogP contribution in [0.5, 0.6) is 5.75 Å². The number of benzene rings is 2. The van der Waals surface area contributed by atoms with Gasteiger partial charge in [-0.3, -0.25) is 9.69 Å². The van der Waals surface area contributed by atoms with Crippen molar-refractivity contribution in [1.82, 2.24) is 15.2 Å². The highest BCUT2D eigenvalue weighted by Crippen LogP contribution is 2.19. The average Bonchev–Trinajstić information content (AvgIpc) is 3.25. The number of ether oxygens (including phenoxy) is 1. The predicted octanol–water partition coefficient (Wildman–Crippen LogP) is 4.14. The topological polar surface area (TPSA) is 54.5 Å². The van der Waals surface area contributed by atoms with E-state index in [4.69, 9.17) is 4.74 Å². The summed E-state index contributed by atoms with van der Waals surface area (Å²) in [5, 5.41) is 5.98. The first-order valence-corrected chi connectivity index (χ1v) is 11.2. The molecule has 0 spiro atoms. The maximum Gasteiger partial charge on any atom is 0.270 e.